The number of amides is 1. The predicted molar refractivity (Wildman–Crippen MR) is 85.7 cm³/mol. The zero-order chi connectivity index (χ0) is 17.0. The number of anilines is 1. The smallest absolute Gasteiger partial charge is 0.410 e. The highest BCUT2D eigenvalue weighted by Crippen LogP contribution is 2.24. The molecule has 1 aromatic heterocycles. The topological polar surface area (TPSA) is 91.1 Å². The minimum Gasteiger partial charge on any atom is -0.444 e. The van der Waals surface area contributed by atoms with Crippen molar-refractivity contribution in [2.45, 2.75) is 45.8 Å². The van der Waals surface area contributed by atoms with Gasteiger partial charge in [0.05, 0.1) is 11.8 Å². The van der Waals surface area contributed by atoms with Gasteiger partial charge in [-0.1, -0.05) is 0 Å². The summed E-state index contributed by atoms with van der Waals surface area (Å²) < 4.78 is 5.34. The molecular formula is C16H23N5O2. The van der Waals surface area contributed by atoms with E-state index >= 15 is 0 Å². The highest BCUT2D eigenvalue weighted by molar-refractivity contribution is 5.69. The van der Waals surface area contributed by atoms with Gasteiger partial charge in [0.15, 0.2) is 0 Å². The van der Waals surface area contributed by atoms with Crippen LogP contribution in [-0.4, -0.2) is 45.9 Å². The van der Waals surface area contributed by atoms with Crippen LogP contribution in [0.25, 0.3) is 0 Å². The van der Waals surface area contributed by atoms with Crippen LogP contribution in [0.4, 0.5) is 10.6 Å². The van der Waals surface area contributed by atoms with E-state index in [1.807, 2.05) is 26.8 Å². The van der Waals surface area contributed by atoms with Crippen LogP contribution in [0.3, 0.4) is 0 Å². The van der Waals surface area contributed by atoms with Crippen LogP contribution in [0.2, 0.25) is 0 Å². The highest BCUT2D eigenvalue weighted by atomic mass is 16.6. The van der Waals surface area contributed by atoms with Gasteiger partial charge in [0.2, 0.25) is 0 Å². The van der Waals surface area contributed by atoms with Gasteiger partial charge in [-0.2, -0.15) is 10.4 Å². The lowest BCUT2D eigenvalue weighted by atomic mass is 9.93. The summed E-state index contributed by atoms with van der Waals surface area (Å²) in [5, 5.41) is 19.8. The highest BCUT2D eigenvalue weighted by Gasteiger charge is 2.34. The average molecular weight is 317 g/mol. The summed E-state index contributed by atoms with van der Waals surface area (Å²) in [4.78, 5) is 13.6. The molecule has 1 saturated heterocycles. The van der Waals surface area contributed by atoms with Gasteiger partial charge < -0.3 is 15.0 Å². The molecule has 7 heteroatoms. The lowest BCUT2D eigenvalue weighted by Gasteiger charge is -2.40. The number of carbonyl (C=O) groups is 1. The molecule has 1 aliphatic heterocycles. The molecule has 0 aliphatic carbocycles. The lowest BCUT2D eigenvalue weighted by Crippen LogP contribution is -2.52. The fourth-order valence-electron chi connectivity index (χ4n) is 2.50. The molecule has 0 bridgehead atoms. The average Bonchev–Trinajstić information content (AvgIpc) is 2.40. The minimum absolute atomic E-state index is 0.184. The molecule has 1 aromatic rings. The van der Waals surface area contributed by atoms with Crippen molar-refractivity contribution < 1.29 is 9.53 Å². The molecule has 1 unspecified atom stereocenters. The number of ether oxygens (including phenoxy) is 1. The molecule has 0 aromatic carbocycles. The second-order valence-electron chi connectivity index (χ2n) is 6.97. The zero-order valence-electron chi connectivity index (χ0n) is 14.0. The number of rotatable bonds is 4. The summed E-state index contributed by atoms with van der Waals surface area (Å²) in [5.41, 5.74) is 0.0241. The zero-order valence-corrected chi connectivity index (χ0v) is 14.0. The first-order valence-corrected chi connectivity index (χ1v) is 7.74. The fraction of sp³-hybridized carbons (Fsp3) is 0.625. The molecule has 124 valence electrons. The van der Waals surface area contributed by atoms with Crippen molar-refractivity contribution in [1.29, 1.82) is 5.26 Å². The van der Waals surface area contributed by atoms with Crippen LogP contribution in [-0.2, 0) is 4.74 Å². The molecule has 1 atom stereocenters. The molecular weight excluding hydrogens is 294 g/mol. The normalized spacial score (nSPS) is 16.2. The largest absolute Gasteiger partial charge is 0.444 e. The Morgan fingerprint density at radius 3 is 2.87 bits per heavy atom. The van der Waals surface area contributed by atoms with E-state index in [2.05, 4.69) is 22.4 Å². The summed E-state index contributed by atoms with van der Waals surface area (Å²) >= 11 is 0. The molecule has 0 radical (unpaired) electrons. The van der Waals surface area contributed by atoms with E-state index in [-0.39, 0.29) is 12.1 Å². The Labute approximate surface area is 136 Å². The van der Waals surface area contributed by atoms with E-state index in [0.29, 0.717) is 30.4 Å². The molecule has 2 heterocycles. The lowest BCUT2D eigenvalue weighted by molar-refractivity contribution is -0.00257. The van der Waals surface area contributed by atoms with Gasteiger partial charge in [-0.15, -0.1) is 5.10 Å². The van der Waals surface area contributed by atoms with Crippen molar-refractivity contribution in [1.82, 2.24) is 15.1 Å². The summed E-state index contributed by atoms with van der Waals surface area (Å²) in [5.74, 6) is 1.04. The Balaban J connectivity index is 1.75. The quantitative estimate of drug-likeness (QED) is 0.917. The van der Waals surface area contributed by atoms with Crippen LogP contribution in [0, 0.1) is 17.2 Å². The molecule has 1 fully saturated rings. The minimum atomic E-state index is -0.457. The van der Waals surface area contributed by atoms with Gasteiger partial charge in [0, 0.05) is 25.2 Å². The van der Waals surface area contributed by atoms with Crippen LogP contribution in [0.1, 0.15) is 39.7 Å². The number of hydrogen-bond acceptors (Lipinski definition) is 6. The molecule has 0 spiro atoms. The van der Waals surface area contributed by atoms with Gasteiger partial charge in [0.25, 0.3) is 0 Å². The van der Waals surface area contributed by atoms with Gasteiger partial charge >= 0.3 is 6.09 Å². The Kier molecular flexibility index (Phi) is 5.04. The van der Waals surface area contributed by atoms with Crippen molar-refractivity contribution >= 4 is 11.9 Å². The van der Waals surface area contributed by atoms with Gasteiger partial charge in [-0.3, -0.25) is 0 Å². The third kappa shape index (κ3) is 5.09. The van der Waals surface area contributed by atoms with Crippen LogP contribution < -0.4 is 5.32 Å². The van der Waals surface area contributed by atoms with E-state index in [1.54, 1.807) is 11.0 Å². The summed E-state index contributed by atoms with van der Waals surface area (Å²) in [6.07, 6.45) is 2.10. The summed E-state index contributed by atoms with van der Waals surface area (Å²) in [7, 11) is 0. The maximum Gasteiger partial charge on any atom is 0.410 e. The number of hydrogen-bond donors (Lipinski definition) is 1. The van der Waals surface area contributed by atoms with Crippen LogP contribution in [0.5, 0.6) is 0 Å². The predicted octanol–water partition coefficient (Wildman–Crippen LogP) is 2.41. The number of aromatic nitrogens is 2. The first-order valence-electron chi connectivity index (χ1n) is 7.74. The molecule has 23 heavy (non-hydrogen) atoms. The van der Waals surface area contributed by atoms with Crippen molar-refractivity contribution in [3.05, 3.63) is 17.8 Å². The molecule has 7 nitrogen and oxygen atoms in total. The van der Waals surface area contributed by atoms with Crippen LogP contribution >= 0.6 is 0 Å². The number of carbonyl (C=O) groups excluding carboxylic acids is 1. The van der Waals surface area contributed by atoms with E-state index in [1.165, 1.54) is 6.20 Å². The van der Waals surface area contributed by atoms with Gasteiger partial charge in [0.1, 0.15) is 17.5 Å². The van der Waals surface area contributed by atoms with Gasteiger partial charge in [-0.05, 0) is 40.0 Å². The van der Waals surface area contributed by atoms with Crippen LogP contribution in [0.15, 0.2) is 12.3 Å². The van der Waals surface area contributed by atoms with Gasteiger partial charge in [-0.25, -0.2) is 4.79 Å². The fourth-order valence-corrected chi connectivity index (χ4v) is 2.50. The number of nitrogens with one attached hydrogen (secondary N) is 1. The molecule has 2 rings (SSSR count). The van der Waals surface area contributed by atoms with E-state index < -0.39 is 5.60 Å². The summed E-state index contributed by atoms with van der Waals surface area (Å²) in [6, 6.07) is 3.90. The molecule has 1 N–H and O–H groups in total. The SMILES string of the molecule is CC(CC1CN(C(=O)OC(C)(C)C)C1)Nc1cc(C#N)cnn1. The third-order valence-corrected chi connectivity index (χ3v) is 3.47. The Hall–Kier alpha value is -2.36. The monoisotopic (exact) mass is 317 g/mol. The molecule has 1 aliphatic rings. The number of likely N-dealkylation sites (tertiary alicyclic amines) is 1. The maximum absolute atomic E-state index is 11.9. The number of nitriles is 1. The standard InChI is InChI=1S/C16H23N5O2/c1-11(19-14-6-12(7-17)8-18-20-14)5-13-9-21(10-13)15(22)23-16(2,3)4/h6,8,11,13H,5,9-10H2,1-4H3,(H,19,20). The van der Waals surface area contributed by atoms with Crippen molar-refractivity contribution in [3.8, 4) is 6.07 Å². The molecule has 1 amide bonds. The third-order valence-electron chi connectivity index (χ3n) is 3.47. The first-order chi connectivity index (χ1) is 10.8. The maximum atomic E-state index is 11.9. The van der Waals surface area contributed by atoms with Crippen molar-refractivity contribution in [2.75, 3.05) is 18.4 Å². The molecule has 0 saturated carbocycles. The Morgan fingerprint density at radius 1 is 1.57 bits per heavy atom. The second kappa shape index (κ2) is 6.82. The van der Waals surface area contributed by atoms with Crippen molar-refractivity contribution in [3.63, 3.8) is 0 Å². The van der Waals surface area contributed by atoms with E-state index in [9.17, 15) is 4.79 Å². The van der Waals surface area contributed by atoms with Crippen molar-refractivity contribution in [2.24, 2.45) is 5.92 Å². The van der Waals surface area contributed by atoms with E-state index in [0.717, 1.165) is 6.42 Å². The Morgan fingerprint density at radius 2 is 2.26 bits per heavy atom. The second-order valence-corrected chi connectivity index (χ2v) is 6.97. The summed E-state index contributed by atoms with van der Waals surface area (Å²) in [6.45, 7) is 9.08. The Bertz CT molecular complexity index is 599. The first kappa shape index (κ1) is 17.0. The van der Waals surface area contributed by atoms with E-state index in [4.69, 9.17) is 10.00 Å². The number of nitrogens with zero attached hydrogens (tertiary/aromatic N) is 4.